The predicted octanol–water partition coefficient (Wildman–Crippen LogP) is 2.38. The molecule has 0 bridgehead atoms. The van der Waals surface area contributed by atoms with E-state index in [4.69, 9.17) is 11.6 Å². The Morgan fingerprint density at radius 2 is 1.60 bits per heavy atom. The number of Topliss-reactive ketones (excluding diaryl/α,β-unsaturated/α-hetero) is 2. The van der Waals surface area contributed by atoms with E-state index in [0.717, 1.165) is 5.56 Å². The normalized spacial score (nSPS) is 11.1. The van der Waals surface area contributed by atoms with Crippen molar-refractivity contribution in [1.82, 2.24) is 0 Å². The minimum Gasteiger partial charge on any atom is -0.298 e. The Morgan fingerprint density at radius 3 is 2.00 bits per heavy atom. The van der Waals surface area contributed by atoms with E-state index in [9.17, 15) is 9.59 Å². The van der Waals surface area contributed by atoms with Crippen molar-refractivity contribution in [3.63, 3.8) is 0 Å². The first-order valence-electron chi connectivity index (χ1n) is 4.72. The van der Waals surface area contributed by atoms with E-state index in [2.05, 4.69) is 0 Å². The van der Waals surface area contributed by atoms with E-state index in [-0.39, 0.29) is 18.0 Å². The second-order valence-electron chi connectivity index (χ2n) is 3.58. The lowest BCUT2D eigenvalue weighted by atomic mass is 9.91. The van der Waals surface area contributed by atoms with Crippen LogP contribution in [0.3, 0.4) is 0 Å². The lowest BCUT2D eigenvalue weighted by molar-refractivity contribution is -0.128. The number of rotatable bonds is 4. The number of carbonyl (C=O) groups is 2. The van der Waals surface area contributed by atoms with Gasteiger partial charge in [-0.25, -0.2) is 0 Å². The van der Waals surface area contributed by atoms with Gasteiger partial charge in [-0.3, -0.25) is 9.59 Å². The van der Waals surface area contributed by atoms with Gasteiger partial charge in [0.2, 0.25) is 0 Å². The molecule has 1 aromatic rings. The fraction of sp³-hybridized carbons (Fsp3) is 0.333. The van der Waals surface area contributed by atoms with Gasteiger partial charge in [-0.05, 0) is 19.4 Å². The molecule has 1 rings (SSSR count). The van der Waals surface area contributed by atoms with Crippen molar-refractivity contribution < 1.29 is 9.59 Å². The first kappa shape index (κ1) is 11.9. The highest BCUT2D eigenvalue weighted by atomic mass is 35.5. The highest BCUT2D eigenvalue weighted by molar-refractivity contribution is 6.46. The number of halogens is 1. The molecule has 0 aliphatic carbocycles. The summed E-state index contributed by atoms with van der Waals surface area (Å²) < 4.78 is 0. The van der Waals surface area contributed by atoms with E-state index in [1.54, 1.807) is 0 Å². The molecule has 0 atom stereocenters. The zero-order chi connectivity index (χ0) is 11.5. The third-order valence-corrected chi connectivity index (χ3v) is 3.07. The maximum Gasteiger partial charge on any atom is 0.164 e. The summed E-state index contributed by atoms with van der Waals surface area (Å²) >= 11 is 6.04. The van der Waals surface area contributed by atoms with Crippen LogP contribution < -0.4 is 0 Å². The lowest BCUT2D eigenvalue weighted by Gasteiger charge is -2.20. The first-order valence-corrected chi connectivity index (χ1v) is 5.09. The van der Waals surface area contributed by atoms with Gasteiger partial charge >= 0.3 is 0 Å². The van der Waals surface area contributed by atoms with Crippen molar-refractivity contribution in [2.24, 2.45) is 0 Å². The summed E-state index contributed by atoms with van der Waals surface area (Å²) in [6, 6.07) is 9.28. The smallest absolute Gasteiger partial charge is 0.164 e. The van der Waals surface area contributed by atoms with Crippen molar-refractivity contribution in [1.29, 1.82) is 0 Å². The Hall–Kier alpha value is -1.15. The maximum atomic E-state index is 11.4. The standard InChI is InChI=1S/C12H13ClO2/c1-9(14)12(13,10(2)15)8-11-6-4-3-5-7-11/h3-7H,8H2,1-2H3. The molecule has 0 fully saturated rings. The Bertz CT molecular complexity index is 356. The maximum absolute atomic E-state index is 11.4. The molecule has 0 N–H and O–H groups in total. The highest BCUT2D eigenvalue weighted by Gasteiger charge is 2.38. The van der Waals surface area contributed by atoms with Gasteiger partial charge in [-0.1, -0.05) is 30.3 Å². The fourth-order valence-electron chi connectivity index (χ4n) is 1.37. The predicted molar refractivity (Wildman–Crippen MR) is 60.1 cm³/mol. The number of carbonyl (C=O) groups excluding carboxylic acids is 2. The van der Waals surface area contributed by atoms with E-state index >= 15 is 0 Å². The molecule has 2 nitrogen and oxygen atoms in total. The molecule has 0 aliphatic rings. The summed E-state index contributed by atoms with van der Waals surface area (Å²) in [5.41, 5.74) is 0.887. The molecule has 0 heterocycles. The molecule has 3 heteroatoms. The largest absolute Gasteiger partial charge is 0.298 e. The van der Waals surface area contributed by atoms with E-state index in [0.29, 0.717) is 0 Å². The first-order chi connectivity index (χ1) is 6.97. The third-order valence-electron chi connectivity index (χ3n) is 2.41. The summed E-state index contributed by atoms with van der Waals surface area (Å²) in [4.78, 5) is 21.3. The van der Waals surface area contributed by atoms with Crippen molar-refractivity contribution in [3.8, 4) is 0 Å². The van der Waals surface area contributed by atoms with Gasteiger partial charge in [0.05, 0.1) is 0 Å². The summed E-state index contributed by atoms with van der Waals surface area (Å²) in [6.45, 7) is 2.69. The number of hydrogen-bond acceptors (Lipinski definition) is 2. The fourth-order valence-corrected chi connectivity index (χ4v) is 1.53. The molecule has 1 aromatic carbocycles. The molecule has 0 spiro atoms. The summed E-state index contributed by atoms with van der Waals surface area (Å²) in [7, 11) is 0. The van der Waals surface area contributed by atoms with Crippen molar-refractivity contribution in [2.45, 2.75) is 25.1 Å². The van der Waals surface area contributed by atoms with Gasteiger partial charge in [0.1, 0.15) is 0 Å². The number of alkyl halides is 1. The highest BCUT2D eigenvalue weighted by Crippen LogP contribution is 2.23. The van der Waals surface area contributed by atoms with Crippen LogP contribution in [0.25, 0.3) is 0 Å². The lowest BCUT2D eigenvalue weighted by Crippen LogP contribution is -2.40. The summed E-state index contributed by atoms with van der Waals surface area (Å²) in [5.74, 6) is -0.610. The Morgan fingerprint density at radius 1 is 1.13 bits per heavy atom. The minimum atomic E-state index is -1.40. The molecule has 0 amide bonds. The molecular formula is C12H13ClO2. The van der Waals surface area contributed by atoms with E-state index in [1.807, 2.05) is 30.3 Å². The van der Waals surface area contributed by atoms with Gasteiger partial charge in [0, 0.05) is 6.42 Å². The molecule has 0 saturated carbocycles. The number of ketones is 2. The average molecular weight is 225 g/mol. The Labute approximate surface area is 94.2 Å². The molecule has 0 saturated heterocycles. The van der Waals surface area contributed by atoms with Gasteiger partial charge in [0.25, 0.3) is 0 Å². The molecule has 15 heavy (non-hydrogen) atoms. The van der Waals surface area contributed by atoms with Crippen LogP contribution in [0.15, 0.2) is 30.3 Å². The van der Waals surface area contributed by atoms with Crippen LogP contribution in [-0.2, 0) is 16.0 Å². The van der Waals surface area contributed by atoms with Crippen molar-refractivity contribution >= 4 is 23.2 Å². The van der Waals surface area contributed by atoms with Gasteiger partial charge < -0.3 is 0 Å². The second kappa shape index (κ2) is 4.58. The molecular weight excluding hydrogens is 212 g/mol. The Kier molecular flexibility index (Phi) is 3.64. The second-order valence-corrected chi connectivity index (χ2v) is 4.22. The van der Waals surface area contributed by atoms with E-state index < -0.39 is 4.87 Å². The molecule has 0 unspecified atom stereocenters. The van der Waals surface area contributed by atoms with Crippen LogP contribution in [0.1, 0.15) is 19.4 Å². The van der Waals surface area contributed by atoms with Crippen molar-refractivity contribution in [2.75, 3.05) is 0 Å². The Balaban J connectivity index is 2.95. The number of benzene rings is 1. The topological polar surface area (TPSA) is 34.1 Å². The van der Waals surface area contributed by atoms with Crippen molar-refractivity contribution in [3.05, 3.63) is 35.9 Å². The van der Waals surface area contributed by atoms with Crippen LogP contribution in [0.4, 0.5) is 0 Å². The van der Waals surface area contributed by atoms with Gasteiger partial charge in [-0.15, -0.1) is 11.6 Å². The summed E-state index contributed by atoms with van der Waals surface area (Å²) in [5, 5.41) is 0. The molecule has 0 aliphatic heterocycles. The third kappa shape index (κ3) is 2.66. The van der Waals surface area contributed by atoms with E-state index in [1.165, 1.54) is 13.8 Å². The zero-order valence-corrected chi connectivity index (χ0v) is 9.54. The molecule has 80 valence electrons. The number of hydrogen-bond donors (Lipinski definition) is 0. The monoisotopic (exact) mass is 224 g/mol. The minimum absolute atomic E-state index is 0.250. The van der Waals surface area contributed by atoms with Gasteiger partial charge in [0.15, 0.2) is 16.4 Å². The van der Waals surface area contributed by atoms with Crippen LogP contribution in [0.2, 0.25) is 0 Å². The summed E-state index contributed by atoms with van der Waals surface area (Å²) in [6.07, 6.45) is 0.250. The SMILES string of the molecule is CC(=O)C(Cl)(Cc1ccccc1)C(C)=O. The van der Waals surface area contributed by atoms with Crippen LogP contribution in [0, 0.1) is 0 Å². The van der Waals surface area contributed by atoms with Crippen LogP contribution in [-0.4, -0.2) is 16.4 Å². The van der Waals surface area contributed by atoms with Crippen LogP contribution in [0.5, 0.6) is 0 Å². The quantitative estimate of drug-likeness (QED) is 0.581. The molecule has 0 aromatic heterocycles. The molecule has 0 radical (unpaired) electrons. The average Bonchev–Trinajstić information content (AvgIpc) is 2.18. The van der Waals surface area contributed by atoms with Gasteiger partial charge in [-0.2, -0.15) is 0 Å². The van der Waals surface area contributed by atoms with Crippen LogP contribution >= 0.6 is 11.6 Å². The zero-order valence-electron chi connectivity index (χ0n) is 8.79.